The van der Waals surface area contributed by atoms with Gasteiger partial charge >= 0.3 is 0 Å². The van der Waals surface area contributed by atoms with Crippen LogP contribution in [0.1, 0.15) is 71.9 Å². The third-order valence-electron chi connectivity index (χ3n) is 12.6. The molecule has 446 valence electrons. The molecule has 82 heavy (non-hydrogen) atoms. The maximum atomic E-state index is 13.9. The van der Waals surface area contributed by atoms with E-state index in [0.29, 0.717) is 30.0 Å². The van der Waals surface area contributed by atoms with Crippen LogP contribution < -0.4 is 31.1 Å². The van der Waals surface area contributed by atoms with Gasteiger partial charge in [-0.25, -0.2) is 37.2 Å². The Kier molecular flexibility index (Phi) is 23.2. The van der Waals surface area contributed by atoms with Gasteiger partial charge in [0.25, 0.3) is 23.6 Å². The standard InChI is InChI=1S/C51H69FN14O14S2/c1-34(2)46(50(69)58-71)65(81(73,74)44-13-9-42(77-5)10-14-44)32-39-29-62(60-55-39)20-24-79-22-18-53-48(67)36-26-37(28-41(27-36)64-31-38(57-64)8-7-17-52)49(68)54-19-23-80-25-21-63-30-40(56-61-63)33-66(47(35(3)4)51(70)59-72)82(75,76)45-15-11-43(78-6)12-16-45/h9-16,26-31,34-35,46-47,57,71-72H,7-8,17-25,32-33H2,1-6H3,(H,53,67)(H,54,68)(H,58,69)(H,59,70)/t46-,47+. The van der Waals surface area contributed by atoms with Gasteiger partial charge in [-0.15, -0.1) is 10.2 Å². The molecule has 0 unspecified atom stereocenters. The molecule has 31 heteroatoms. The van der Waals surface area contributed by atoms with Gasteiger partial charge in [-0.3, -0.25) is 43.8 Å². The molecule has 0 spiro atoms. The normalized spacial score (nSPS) is 12.7. The van der Waals surface area contributed by atoms with E-state index >= 15 is 0 Å². The Bertz CT molecular complexity index is 3070. The minimum absolute atomic E-state index is 0.0737. The number of amides is 4. The fourth-order valence-corrected chi connectivity index (χ4v) is 11.9. The number of carbonyl (C=O) groups is 4. The van der Waals surface area contributed by atoms with Gasteiger partial charge in [0.2, 0.25) is 20.0 Å². The van der Waals surface area contributed by atoms with Crippen molar-refractivity contribution in [1.29, 1.82) is 0 Å². The summed E-state index contributed by atoms with van der Waals surface area (Å²) < 4.78 is 96.7. The van der Waals surface area contributed by atoms with Crippen LogP contribution in [0, 0.1) is 11.8 Å². The first-order chi connectivity index (χ1) is 39.2. The van der Waals surface area contributed by atoms with E-state index in [1.807, 2.05) is 0 Å². The minimum Gasteiger partial charge on any atom is -0.497 e. The van der Waals surface area contributed by atoms with Crippen LogP contribution in [0.5, 0.6) is 11.5 Å². The predicted molar refractivity (Wildman–Crippen MR) is 289 cm³/mol. The molecule has 7 N–H and O–H groups in total. The van der Waals surface area contributed by atoms with Gasteiger partial charge in [0, 0.05) is 42.8 Å². The lowest BCUT2D eigenvalue weighted by molar-refractivity contribution is -0.135. The van der Waals surface area contributed by atoms with Crippen LogP contribution in [0.4, 0.5) is 4.39 Å². The SMILES string of the molecule is COc1ccc(S(=O)(=O)N(Cc2cn(CCOCCNC(=O)c3cc(C(=O)NCCOCCn4cc(CN([C@@H](C(=O)NO)C(C)C)S(=O)(=O)c5ccc(OC)cc5)nn4)cc(-n4cc(CCCF)[nH]4)c3)nn2)[C@H](C(=O)NO)C(C)C)cc1. The van der Waals surface area contributed by atoms with Crippen LogP contribution in [0.3, 0.4) is 0 Å². The first kappa shape index (κ1) is 63.5. The lowest BCUT2D eigenvalue weighted by Crippen LogP contribution is -2.51. The molecule has 3 heterocycles. The molecule has 3 aromatic carbocycles. The third kappa shape index (κ3) is 16.7. The largest absolute Gasteiger partial charge is 0.497 e. The summed E-state index contributed by atoms with van der Waals surface area (Å²) in [7, 11) is -5.76. The van der Waals surface area contributed by atoms with Crippen molar-refractivity contribution in [2.45, 2.75) is 88.6 Å². The van der Waals surface area contributed by atoms with E-state index in [4.69, 9.17) is 18.9 Å². The number of aryl methyl sites for hydroxylation is 1. The van der Waals surface area contributed by atoms with Crippen molar-refractivity contribution in [3.63, 3.8) is 0 Å². The maximum Gasteiger partial charge on any atom is 0.262 e. The Hall–Kier alpha value is -7.65. The lowest BCUT2D eigenvalue weighted by Gasteiger charge is -2.31. The fraction of sp³-hybridized carbons (Fsp3) is 0.451. The summed E-state index contributed by atoms with van der Waals surface area (Å²) in [5.41, 5.74) is 5.11. The number of alkyl halides is 1. The number of hydrogen-bond acceptors (Lipinski definition) is 18. The number of rotatable bonds is 34. The predicted octanol–water partition coefficient (Wildman–Crippen LogP) is 2.24. The van der Waals surface area contributed by atoms with Crippen LogP contribution in [0.2, 0.25) is 0 Å². The molecular formula is C51H69FN14O14S2. The van der Waals surface area contributed by atoms with Crippen molar-refractivity contribution in [1.82, 2.24) is 70.0 Å². The Morgan fingerprint density at radius 2 is 1.06 bits per heavy atom. The zero-order valence-corrected chi connectivity index (χ0v) is 47.7. The van der Waals surface area contributed by atoms with E-state index in [9.17, 15) is 50.8 Å². The second-order valence-corrected chi connectivity index (χ2v) is 22.9. The first-order valence-electron chi connectivity index (χ1n) is 25.9. The quantitative estimate of drug-likeness (QED) is 0.0173. The molecule has 0 saturated heterocycles. The number of hydroxylamine groups is 2. The highest BCUT2D eigenvalue weighted by Crippen LogP contribution is 2.28. The average molecular weight is 1190 g/mol. The van der Waals surface area contributed by atoms with Crippen LogP contribution in [-0.2, 0) is 71.7 Å². The molecule has 4 amide bonds. The summed E-state index contributed by atoms with van der Waals surface area (Å²) >= 11 is 0. The van der Waals surface area contributed by atoms with E-state index in [1.165, 1.54) is 90.6 Å². The number of aromatic nitrogens is 8. The third-order valence-corrected chi connectivity index (χ3v) is 16.3. The molecule has 0 radical (unpaired) electrons. The average Bonchev–Trinajstić information content (AvgIpc) is 3.68. The number of nitrogens with one attached hydrogen (secondary N) is 5. The molecule has 6 rings (SSSR count). The number of ether oxygens (including phenoxy) is 4. The molecule has 6 aromatic rings. The summed E-state index contributed by atoms with van der Waals surface area (Å²) in [6.07, 6.45) is 5.53. The summed E-state index contributed by atoms with van der Waals surface area (Å²) in [6.45, 7) is 6.25. The number of hydrogen-bond donors (Lipinski definition) is 7. The van der Waals surface area contributed by atoms with Gasteiger partial charge in [-0.05, 0) is 91.4 Å². The van der Waals surface area contributed by atoms with Crippen molar-refractivity contribution in [3.05, 3.63) is 114 Å². The Morgan fingerprint density at radius 3 is 1.43 bits per heavy atom. The van der Waals surface area contributed by atoms with Crippen molar-refractivity contribution in [3.8, 4) is 17.2 Å². The van der Waals surface area contributed by atoms with E-state index < -0.39 is 74.3 Å². The van der Waals surface area contributed by atoms with Gasteiger partial charge < -0.3 is 29.6 Å². The van der Waals surface area contributed by atoms with Gasteiger partial charge in [0.15, 0.2) is 0 Å². The molecule has 2 atom stereocenters. The van der Waals surface area contributed by atoms with Crippen molar-refractivity contribution >= 4 is 43.7 Å². The van der Waals surface area contributed by atoms with E-state index in [1.54, 1.807) is 61.7 Å². The summed E-state index contributed by atoms with van der Waals surface area (Å²) in [5.74, 6) is -3.14. The first-order valence-corrected chi connectivity index (χ1v) is 28.8. The van der Waals surface area contributed by atoms with Gasteiger partial charge in [0.1, 0.15) is 23.6 Å². The zero-order valence-electron chi connectivity index (χ0n) is 46.1. The summed E-state index contributed by atoms with van der Waals surface area (Å²) in [5, 5.41) is 44.1. The molecule has 0 saturated carbocycles. The van der Waals surface area contributed by atoms with E-state index in [-0.39, 0.29) is 98.0 Å². The smallest absolute Gasteiger partial charge is 0.262 e. The topological polar surface area (TPSA) is 351 Å². The number of aromatic amines is 1. The van der Waals surface area contributed by atoms with Crippen LogP contribution in [-0.4, -0.2) is 172 Å². The molecule has 3 aromatic heterocycles. The highest BCUT2D eigenvalue weighted by atomic mass is 32.2. The highest BCUT2D eigenvalue weighted by Gasteiger charge is 2.40. The van der Waals surface area contributed by atoms with Gasteiger partial charge in [-0.2, -0.15) is 8.61 Å². The molecule has 28 nitrogen and oxygen atoms in total. The van der Waals surface area contributed by atoms with Crippen molar-refractivity contribution in [2.24, 2.45) is 11.8 Å². The molecular weight excluding hydrogens is 1120 g/mol. The molecule has 0 aliphatic carbocycles. The fourth-order valence-electron chi connectivity index (χ4n) is 8.49. The van der Waals surface area contributed by atoms with Crippen LogP contribution >= 0.6 is 0 Å². The number of sulfonamides is 2. The number of halogens is 1. The second kappa shape index (κ2) is 29.9. The Labute approximate surface area is 473 Å². The zero-order chi connectivity index (χ0) is 59.6. The lowest BCUT2D eigenvalue weighted by atomic mass is 10.0. The Morgan fingerprint density at radius 1 is 0.646 bits per heavy atom. The Balaban J connectivity index is 1.00. The molecule has 0 aliphatic rings. The van der Waals surface area contributed by atoms with Gasteiger partial charge in [0.05, 0.1) is 106 Å². The second-order valence-electron chi connectivity index (χ2n) is 19.2. The monoisotopic (exact) mass is 1180 g/mol. The van der Waals surface area contributed by atoms with E-state index in [2.05, 4.69) is 36.4 Å². The number of benzene rings is 3. The number of nitrogens with zero attached hydrogens (tertiary/aromatic N) is 9. The van der Waals surface area contributed by atoms with Crippen molar-refractivity contribution in [2.75, 3.05) is 60.4 Å². The number of methoxy groups -OCH3 is 2. The summed E-state index contributed by atoms with van der Waals surface area (Å²) in [4.78, 5) is 52.5. The van der Waals surface area contributed by atoms with E-state index in [0.717, 1.165) is 14.3 Å². The number of H-pyrrole nitrogens is 1. The van der Waals surface area contributed by atoms with Crippen molar-refractivity contribution < 1.29 is 69.8 Å². The van der Waals surface area contributed by atoms with Gasteiger partial charge in [-0.1, -0.05) is 38.1 Å². The maximum absolute atomic E-state index is 13.9. The van der Waals surface area contributed by atoms with Crippen LogP contribution in [0.25, 0.3) is 5.69 Å². The number of carbonyl (C=O) groups excluding carboxylic acids is 4. The highest BCUT2D eigenvalue weighted by molar-refractivity contribution is 7.89. The summed E-state index contributed by atoms with van der Waals surface area (Å²) in [6, 6.07) is 13.2. The molecule has 0 fully saturated rings. The minimum atomic E-state index is -4.32. The molecule has 0 bridgehead atoms. The molecule has 0 aliphatic heterocycles. The van der Waals surface area contributed by atoms with Crippen LogP contribution in [0.15, 0.2) is 95.1 Å².